The number of carbonyl (C=O) groups is 3. The van der Waals surface area contributed by atoms with Gasteiger partial charge >= 0.3 is 5.97 Å². The van der Waals surface area contributed by atoms with Crippen LogP contribution >= 0.6 is 0 Å². The number of hydrogen-bond donors (Lipinski definition) is 2. The molecule has 2 aromatic rings. The Morgan fingerprint density at radius 3 is 2.37 bits per heavy atom. The van der Waals surface area contributed by atoms with Gasteiger partial charge in [-0.25, -0.2) is 0 Å². The highest BCUT2D eigenvalue weighted by Gasteiger charge is 2.22. The van der Waals surface area contributed by atoms with Crippen LogP contribution in [0.15, 0.2) is 54.6 Å². The second-order valence-electron chi connectivity index (χ2n) is 6.62. The van der Waals surface area contributed by atoms with Crippen LogP contribution in [0.5, 0.6) is 0 Å². The van der Waals surface area contributed by atoms with Crippen molar-refractivity contribution in [2.24, 2.45) is 0 Å². The van der Waals surface area contributed by atoms with Crippen LogP contribution < -0.4 is 10.2 Å². The lowest BCUT2D eigenvalue weighted by molar-refractivity contribution is -0.137. The Hall–Kier alpha value is -3.15. The van der Waals surface area contributed by atoms with Crippen molar-refractivity contribution in [2.75, 3.05) is 11.4 Å². The van der Waals surface area contributed by atoms with Crippen LogP contribution in [-0.2, 0) is 20.8 Å². The van der Waals surface area contributed by atoms with Crippen molar-refractivity contribution in [3.05, 3.63) is 65.7 Å². The number of carboxylic acid groups (broad SMARTS) is 1. The van der Waals surface area contributed by atoms with Gasteiger partial charge in [-0.05, 0) is 29.7 Å². The molecular weight excluding hydrogens is 344 g/mol. The van der Waals surface area contributed by atoms with Crippen molar-refractivity contribution in [1.82, 2.24) is 5.32 Å². The fourth-order valence-corrected chi connectivity index (χ4v) is 3.26. The Morgan fingerprint density at radius 2 is 1.78 bits per heavy atom. The van der Waals surface area contributed by atoms with Crippen molar-refractivity contribution >= 4 is 23.5 Å². The van der Waals surface area contributed by atoms with Crippen molar-refractivity contribution in [2.45, 2.75) is 31.7 Å². The lowest BCUT2D eigenvalue weighted by Crippen LogP contribution is -2.31. The van der Waals surface area contributed by atoms with Crippen LogP contribution in [-0.4, -0.2) is 29.4 Å². The van der Waals surface area contributed by atoms with Crippen molar-refractivity contribution in [1.29, 1.82) is 0 Å². The predicted molar refractivity (Wildman–Crippen MR) is 101 cm³/mol. The Labute approximate surface area is 157 Å². The number of hydrogen-bond acceptors (Lipinski definition) is 3. The summed E-state index contributed by atoms with van der Waals surface area (Å²) in [7, 11) is 0. The molecule has 1 fully saturated rings. The molecule has 140 valence electrons. The van der Waals surface area contributed by atoms with Gasteiger partial charge in [0.1, 0.15) is 0 Å². The Bertz CT molecular complexity index is 818. The van der Waals surface area contributed by atoms with Gasteiger partial charge in [-0.3, -0.25) is 14.4 Å². The van der Waals surface area contributed by atoms with E-state index in [1.165, 1.54) is 0 Å². The first-order valence-corrected chi connectivity index (χ1v) is 8.98. The number of anilines is 1. The van der Waals surface area contributed by atoms with Gasteiger partial charge in [-0.1, -0.05) is 42.5 Å². The fraction of sp³-hybridized carbons (Fsp3) is 0.286. The lowest BCUT2D eigenvalue weighted by Gasteiger charge is -2.18. The highest BCUT2D eigenvalue weighted by atomic mass is 16.4. The molecule has 0 aromatic heterocycles. The summed E-state index contributed by atoms with van der Waals surface area (Å²) in [6.45, 7) is 0.729. The van der Waals surface area contributed by atoms with E-state index in [0.717, 1.165) is 29.8 Å². The second-order valence-corrected chi connectivity index (χ2v) is 6.62. The van der Waals surface area contributed by atoms with E-state index in [9.17, 15) is 14.4 Å². The van der Waals surface area contributed by atoms with Crippen LogP contribution in [0.4, 0.5) is 5.69 Å². The van der Waals surface area contributed by atoms with E-state index in [1.54, 1.807) is 17.0 Å². The van der Waals surface area contributed by atoms with Gasteiger partial charge in [-0.15, -0.1) is 0 Å². The molecule has 2 N–H and O–H groups in total. The van der Waals surface area contributed by atoms with Gasteiger partial charge in [0.15, 0.2) is 0 Å². The summed E-state index contributed by atoms with van der Waals surface area (Å²) < 4.78 is 0. The molecule has 27 heavy (non-hydrogen) atoms. The lowest BCUT2D eigenvalue weighted by atomic mass is 10.0. The molecule has 0 radical (unpaired) electrons. The average Bonchev–Trinajstić information content (AvgIpc) is 3.08. The number of carbonyl (C=O) groups excluding carboxylic acids is 2. The minimum absolute atomic E-state index is 0.125. The highest BCUT2D eigenvalue weighted by Crippen LogP contribution is 2.22. The molecule has 6 nitrogen and oxygen atoms in total. The molecule has 1 saturated heterocycles. The third-order valence-corrected chi connectivity index (χ3v) is 4.60. The molecule has 3 rings (SSSR count). The number of carboxylic acids is 1. The fourth-order valence-electron chi connectivity index (χ4n) is 3.26. The van der Waals surface area contributed by atoms with E-state index in [0.29, 0.717) is 6.42 Å². The summed E-state index contributed by atoms with van der Waals surface area (Å²) in [5.74, 6) is -1.08. The smallest absolute Gasteiger partial charge is 0.305 e. The number of aliphatic carboxylic acids is 1. The zero-order valence-corrected chi connectivity index (χ0v) is 14.9. The molecular formula is C21H22N2O4. The number of benzene rings is 2. The van der Waals surface area contributed by atoms with E-state index in [1.807, 2.05) is 42.5 Å². The van der Waals surface area contributed by atoms with E-state index in [-0.39, 0.29) is 24.7 Å². The quantitative estimate of drug-likeness (QED) is 0.789. The summed E-state index contributed by atoms with van der Waals surface area (Å²) in [5, 5.41) is 11.9. The first kappa shape index (κ1) is 18.6. The number of rotatable bonds is 7. The molecule has 1 atom stereocenters. The molecule has 1 heterocycles. The number of amides is 2. The molecule has 2 amide bonds. The van der Waals surface area contributed by atoms with Gasteiger partial charge < -0.3 is 15.3 Å². The topological polar surface area (TPSA) is 86.7 Å². The summed E-state index contributed by atoms with van der Waals surface area (Å²) in [4.78, 5) is 37.1. The molecule has 0 spiro atoms. The number of nitrogens with one attached hydrogen (secondary N) is 1. The first-order valence-electron chi connectivity index (χ1n) is 8.98. The van der Waals surface area contributed by atoms with Crippen LogP contribution in [0.2, 0.25) is 0 Å². The van der Waals surface area contributed by atoms with E-state index in [2.05, 4.69) is 5.32 Å². The summed E-state index contributed by atoms with van der Waals surface area (Å²) >= 11 is 0. The van der Waals surface area contributed by atoms with Gasteiger partial charge in [0.25, 0.3) is 0 Å². The third-order valence-electron chi connectivity index (χ3n) is 4.60. The summed E-state index contributed by atoms with van der Waals surface area (Å²) in [6.07, 6.45) is 1.42. The van der Waals surface area contributed by atoms with Gasteiger partial charge in [0.2, 0.25) is 11.8 Å². The minimum atomic E-state index is -0.969. The van der Waals surface area contributed by atoms with Crippen LogP contribution in [0.1, 0.15) is 36.4 Å². The average molecular weight is 366 g/mol. The maximum absolute atomic E-state index is 12.4. The molecule has 6 heteroatoms. The molecule has 1 aliphatic heterocycles. The summed E-state index contributed by atoms with van der Waals surface area (Å²) in [6, 6.07) is 15.8. The van der Waals surface area contributed by atoms with E-state index in [4.69, 9.17) is 5.11 Å². The Balaban J connectivity index is 1.63. The van der Waals surface area contributed by atoms with Crippen molar-refractivity contribution in [3.8, 4) is 0 Å². The van der Waals surface area contributed by atoms with E-state index >= 15 is 0 Å². The monoisotopic (exact) mass is 366 g/mol. The van der Waals surface area contributed by atoms with Crippen LogP contribution in [0.25, 0.3) is 0 Å². The Morgan fingerprint density at radius 1 is 1.07 bits per heavy atom. The maximum Gasteiger partial charge on any atom is 0.305 e. The molecule has 0 bridgehead atoms. The normalized spacial score (nSPS) is 14.8. The van der Waals surface area contributed by atoms with E-state index < -0.39 is 12.0 Å². The first-order chi connectivity index (χ1) is 13.0. The highest BCUT2D eigenvalue weighted by molar-refractivity contribution is 5.95. The standard InChI is InChI=1S/C21H22N2O4/c24-19(22-18(14-21(26)27)16-5-2-1-3-6-16)13-15-8-10-17(11-9-15)23-12-4-7-20(23)25/h1-3,5-6,8-11,18H,4,7,12-14H2,(H,22,24)(H,26,27)/t18-/m1/s1. The SMILES string of the molecule is O=C(O)C[C@@H](NC(=O)Cc1ccc(N2CCCC2=O)cc1)c1ccccc1. The largest absolute Gasteiger partial charge is 0.481 e. The van der Waals surface area contributed by atoms with Gasteiger partial charge in [0, 0.05) is 18.7 Å². The van der Waals surface area contributed by atoms with Crippen molar-refractivity contribution in [3.63, 3.8) is 0 Å². The zero-order valence-electron chi connectivity index (χ0n) is 14.9. The second kappa shape index (κ2) is 8.49. The van der Waals surface area contributed by atoms with Gasteiger partial charge in [0.05, 0.1) is 18.9 Å². The molecule has 1 aliphatic rings. The molecule has 0 unspecified atom stereocenters. The van der Waals surface area contributed by atoms with Gasteiger partial charge in [-0.2, -0.15) is 0 Å². The predicted octanol–water partition coefficient (Wildman–Crippen LogP) is 2.69. The number of nitrogens with zero attached hydrogens (tertiary/aromatic N) is 1. The maximum atomic E-state index is 12.4. The molecule has 2 aromatic carbocycles. The summed E-state index contributed by atoms with van der Waals surface area (Å²) in [5.41, 5.74) is 2.41. The van der Waals surface area contributed by atoms with Crippen LogP contribution in [0.3, 0.4) is 0 Å². The zero-order chi connectivity index (χ0) is 19.2. The van der Waals surface area contributed by atoms with Crippen molar-refractivity contribution < 1.29 is 19.5 Å². The Kier molecular flexibility index (Phi) is 5.86. The molecule has 0 saturated carbocycles. The van der Waals surface area contributed by atoms with Crippen LogP contribution in [0, 0.1) is 0 Å². The molecule has 0 aliphatic carbocycles. The minimum Gasteiger partial charge on any atom is -0.481 e. The third kappa shape index (κ3) is 4.94.